The minimum atomic E-state index is -0.374. The monoisotopic (exact) mass is 289 g/mol. The number of imidazole rings is 1. The smallest absolute Gasteiger partial charge is 0.146 e. The van der Waals surface area contributed by atoms with E-state index < -0.39 is 0 Å². The molecule has 2 aromatic carbocycles. The zero-order valence-electron chi connectivity index (χ0n) is 10.9. The van der Waals surface area contributed by atoms with Crippen LogP contribution in [0.2, 0.25) is 5.02 Å². The molecule has 102 valence electrons. The Labute approximate surface area is 120 Å². The molecule has 0 bridgehead atoms. The zero-order chi connectivity index (χ0) is 14.3. The maximum atomic E-state index is 14.1. The summed E-state index contributed by atoms with van der Waals surface area (Å²) in [6.45, 7) is 2.63. The van der Waals surface area contributed by atoms with Gasteiger partial charge in [-0.2, -0.15) is 0 Å². The molecule has 0 saturated heterocycles. The third kappa shape index (κ3) is 1.93. The van der Waals surface area contributed by atoms with Crippen molar-refractivity contribution in [3.63, 3.8) is 0 Å². The number of fused-ring (bicyclic) bond motifs is 1. The van der Waals surface area contributed by atoms with E-state index in [1.165, 1.54) is 6.07 Å². The van der Waals surface area contributed by atoms with Gasteiger partial charge in [-0.05, 0) is 37.3 Å². The largest absolute Gasteiger partial charge is 0.398 e. The summed E-state index contributed by atoms with van der Waals surface area (Å²) in [6.07, 6.45) is 0. The van der Waals surface area contributed by atoms with Crippen LogP contribution in [0.15, 0.2) is 36.4 Å². The number of nitrogens with two attached hydrogens (primary N) is 1. The molecule has 0 unspecified atom stereocenters. The van der Waals surface area contributed by atoms with Gasteiger partial charge in [0, 0.05) is 17.3 Å². The van der Waals surface area contributed by atoms with Crippen molar-refractivity contribution in [2.45, 2.75) is 13.5 Å². The van der Waals surface area contributed by atoms with Crippen molar-refractivity contribution in [3.05, 3.63) is 47.2 Å². The van der Waals surface area contributed by atoms with Crippen molar-refractivity contribution >= 4 is 28.3 Å². The van der Waals surface area contributed by atoms with Crippen LogP contribution in [0.1, 0.15) is 6.92 Å². The van der Waals surface area contributed by atoms with Gasteiger partial charge in [-0.3, -0.25) is 0 Å². The maximum Gasteiger partial charge on any atom is 0.146 e. The molecule has 0 aliphatic heterocycles. The van der Waals surface area contributed by atoms with Crippen LogP contribution < -0.4 is 5.73 Å². The summed E-state index contributed by atoms with van der Waals surface area (Å²) in [5.41, 5.74) is 8.27. The molecule has 0 amide bonds. The number of anilines is 1. The van der Waals surface area contributed by atoms with Gasteiger partial charge < -0.3 is 10.3 Å². The van der Waals surface area contributed by atoms with E-state index in [2.05, 4.69) is 4.98 Å². The minimum absolute atomic E-state index is 0.335. The molecule has 0 radical (unpaired) electrons. The summed E-state index contributed by atoms with van der Waals surface area (Å²) in [5.74, 6) is 0.154. The van der Waals surface area contributed by atoms with E-state index in [9.17, 15) is 4.39 Å². The van der Waals surface area contributed by atoms with Gasteiger partial charge in [0.15, 0.2) is 0 Å². The third-order valence-electron chi connectivity index (χ3n) is 3.30. The Bertz CT molecular complexity index is 775. The number of nitrogens with zero attached hydrogens (tertiary/aromatic N) is 2. The van der Waals surface area contributed by atoms with Crippen LogP contribution in [0.4, 0.5) is 10.1 Å². The number of hydrogen-bond acceptors (Lipinski definition) is 2. The second-order valence-electron chi connectivity index (χ2n) is 4.52. The molecule has 3 rings (SSSR count). The fourth-order valence-electron chi connectivity index (χ4n) is 2.38. The average Bonchev–Trinajstić information content (AvgIpc) is 2.76. The molecule has 0 spiro atoms. The first-order chi connectivity index (χ1) is 9.61. The molecular formula is C15H13ClFN3. The lowest BCUT2D eigenvalue weighted by Crippen LogP contribution is -2.02. The predicted octanol–water partition coefficient (Wildman–Crippen LogP) is 4.10. The quantitative estimate of drug-likeness (QED) is 0.722. The number of hydrogen-bond donors (Lipinski definition) is 1. The van der Waals surface area contributed by atoms with E-state index in [0.717, 1.165) is 11.0 Å². The van der Waals surface area contributed by atoms with Gasteiger partial charge >= 0.3 is 0 Å². The number of aryl methyl sites for hydroxylation is 1. The van der Waals surface area contributed by atoms with E-state index >= 15 is 0 Å². The Morgan fingerprint density at radius 1 is 1.30 bits per heavy atom. The van der Waals surface area contributed by atoms with Gasteiger partial charge in [0.25, 0.3) is 0 Å². The van der Waals surface area contributed by atoms with Crippen LogP contribution in [-0.2, 0) is 6.54 Å². The predicted molar refractivity (Wildman–Crippen MR) is 80.2 cm³/mol. The highest BCUT2D eigenvalue weighted by Gasteiger charge is 2.17. The lowest BCUT2D eigenvalue weighted by Gasteiger charge is -2.09. The SMILES string of the molecule is CCn1c(-c2c(N)cccc2F)nc2ccc(Cl)cc21. The lowest BCUT2D eigenvalue weighted by atomic mass is 10.1. The highest BCUT2D eigenvalue weighted by atomic mass is 35.5. The summed E-state index contributed by atoms with van der Waals surface area (Å²) in [6, 6.07) is 10.1. The minimum Gasteiger partial charge on any atom is -0.398 e. The van der Waals surface area contributed by atoms with E-state index in [1.54, 1.807) is 18.2 Å². The molecular weight excluding hydrogens is 277 g/mol. The van der Waals surface area contributed by atoms with Gasteiger partial charge in [-0.25, -0.2) is 9.37 Å². The number of rotatable bonds is 2. The maximum absolute atomic E-state index is 14.1. The number of benzene rings is 2. The first kappa shape index (κ1) is 12.9. The van der Waals surface area contributed by atoms with Crippen molar-refractivity contribution in [2.75, 3.05) is 5.73 Å². The van der Waals surface area contributed by atoms with Crippen molar-refractivity contribution in [1.82, 2.24) is 9.55 Å². The highest BCUT2D eigenvalue weighted by molar-refractivity contribution is 6.31. The van der Waals surface area contributed by atoms with E-state index in [0.29, 0.717) is 28.6 Å². The zero-order valence-corrected chi connectivity index (χ0v) is 11.7. The lowest BCUT2D eigenvalue weighted by molar-refractivity contribution is 0.628. The summed E-state index contributed by atoms with van der Waals surface area (Å²) >= 11 is 6.03. The molecule has 1 aromatic heterocycles. The first-order valence-electron chi connectivity index (χ1n) is 6.32. The van der Waals surface area contributed by atoms with Gasteiger partial charge in [-0.15, -0.1) is 0 Å². The van der Waals surface area contributed by atoms with Crippen LogP contribution >= 0.6 is 11.6 Å². The molecule has 0 fully saturated rings. The summed E-state index contributed by atoms with van der Waals surface area (Å²) in [7, 11) is 0. The molecule has 0 aliphatic carbocycles. The van der Waals surface area contributed by atoms with Crippen LogP contribution in [0.3, 0.4) is 0 Å². The van der Waals surface area contributed by atoms with Crippen molar-refractivity contribution < 1.29 is 4.39 Å². The molecule has 0 aliphatic rings. The summed E-state index contributed by atoms with van der Waals surface area (Å²) in [4.78, 5) is 4.50. The van der Waals surface area contributed by atoms with Crippen LogP contribution in [-0.4, -0.2) is 9.55 Å². The second kappa shape index (κ2) is 4.80. The second-order valence-corrected chi connectivity index (χ2v) is 4.95. The van der Waals surface area contributed by atoms with E-state index in [1.807, 2.05) is 23.6 Å². The Balaban J connectivity index is 2.37. The first-order valence-corrected chi connectivity index (χ1v) is 6.69. The normalized spacial score (nSPS) is 11.2. The highest BCUT2D eigenvalue weighted by Crippen LogP contribution is 2.31. The Hall–Kier alpha value is -2.07. The van der Waals surface area contributed by atoms with E-state index in [-0.39, 0.29) is 5.82 Å². The fourth-order valence-corrected chi connectivity index (χ4v) is 2.55. The van der Waals surface area contributed by atoms with E-state index in [4.69, 9.17) is 17.3 Å². The van der Waals surface area contributed by atoms with Crippen LogP contribution in [0.5, 0.6) is 0 Å². The van der Waals surface area contributed by atoms with Gasteiger partial charge in [0.2, 0.25) is 0 Å². The van der Waals surface area contributed by atoms with Gasteiger partial charge in [0.05, 0.1) is 16.6 Å². The topological polar surface area (TPSA) is 43.8 Å². The molecule has 20 heavy (non-hydrogen) atoms. The number of nitrogen functional groups attached to an aromatic ring is 1. The Morgan fingerprint density at radius 2 is 2.10 bits per heavy atom. The van der Waals surface area contributed by atoms with Gasteiger partial charge in [-0.1, -0.05) is 17.7 Å². The third-order valence-corrected chi connectivity index (χ3v) is 3.53. The van der Waals surface area contributed by atoms with Crippen LogP contribution in [0.25, 0.3) is 22.4 Å². The fraction of sp³-hybridized carbons (Fsp3) is 0.133. The van der Waals surface area contributed by atoms with Crippen molar-refractivity contribution in [2.24, 2.45) is 0 Å². The molecule has 3 nitrogen and oxygen atoms in total. The molecule has 0 atom stereocenters. The summed E-state index contributed by atoms with van der Waals surface area (Å²) < 4.78 is 16.0. The standard InChI is InChI=1S/C15H13ClFN3/c1-2-20-13-8-9(16)6-7-12(13)19-15(20)14-10(17)4-3-5-11(14)18/h3-8H,2,18H2,1H3. The Kier molecular flexibility index (Phi) is 3.10. The van der Waals surface area contributed by atoms with Gasteiger partial charge in [0.1, 0.15) is 11.6 Å². The Morgan fingerprint density at radius 3 is 2.80 bits per heavy atom. The molecule has 5 heteroatoms. The van der Waals surface area contributed by atoms with Crippen molar-refractivity contribution in [3.8, 4) is 11.4 Å². The number of halogens is 2. The van der Waals surface area contributed by atoms with Crippen LogP contribution in [0, 0.1) is 5.82 Å². The molecule has 1 heterocycles. The number of aromatic nitrogens is 2. The molecule has 2 N–H and O–H groups in total. The molecule has 0 saturated carbocycles. The molecule has 3 aromatic rings. The summed E-state index contributed by atoms with van der Waals surface area (Å²) in [5, 5.41) is 0.625. The van der Waals surface area contributed by atoms with Crippen molar-refractivity contribution in [1.29, 1.82) is 0 Å². The average molecular weight is 290 g/mol.